The summed E-state index contributed by atoms with van der Waals surface area (Å²) in [6, 6.07) is 6.63. The first kappa shape index (κ1) is 13.4. The molecule has 0 aliphatic carbocycles. The van der Waals surface area contributed by atoms with Crippen molar-refractivity contribution >= 4 is 17.5 Å². The number of halogens is 1. The number of benzene rings is 1. The second-order valence-corrected chi connectivity index (χ2v) is 4.51. The minimum atomic E-state index is -0.460. The summed E-state index contributed by atoms with van der Waals surface area (Å²) in [5.74, 6) is 0.182. The number of nitrogens with zero attached hydrogens (tertiary/aromatic N) is 2. The largest absolute Gasteiger partial charge is 0.489 e. The molecule has 0 atom stereocenters. The lowest BCUT2D eigenvalue weighted by Crippen LogP contribution is -2.10. The molecule has 1 amide bonds. The van der Waals surface area contributed by atoms with Crippen LogP contribution >= 0.6 is 11.6 Å². The van der Waals surface area contributed by atoms with Crippen LogP contribution in [0.4, 0.5) is 0 Å². The first-order chi connectivity index (χ1) is 8.99. The Morgan fingerprint density at radius 1 is 1.42 bits per heavy atom. The third-order valence-corrected chi connectivity index (χ3v) is 3.26. The summed E-state index contributed by atoms with van der Waals surface area (Å²) in [6.45, 7) is 2.20. The molecule has 100 valence electrons. The zero-order valence-corrected chi connectivity index (χ0v) is 11.4. The predicted octanol–water partition coefficient (Wildman–Crippen LogP) is 2.06. The summed E-state index contributed by atoms with van der Waals surface area (Å²) in [7, 11) is 1.78. The third kappa shape index (κ3) is 2.88. The van der Waals surface area contributed by atoms with Crippen molar-refractivity contribution in [1.82, 2.24) is 9.78 Å². The molecule has 2 aromatic rings. The van der Waals surface area contributed by atoms with Crippen LogP contribution < -0.4 is 10.5 Å². The molecule has 0 aliphatic heterocycles. The van der Waals surface area contributed by atoms with Crippen LogP contribution in [0.15, 0.2) is 24.3 Å². The van der Waals surface area contributed by atoms with Crippen LogP contribution in [-0.2, 0) is 13.7 Å². The van der Waals surface area contributed by atoms with Crippen molar-refractivity contribution in [3.63, 3.8) is 0 Å². The van der Waals surface area contributed by atoms with Crippen LogP contribution in [0.3, 0.4) is 0 Å². The molecule has 1 heterocycles. The number of carbonyl (C=O) groups is 1. The summed E-state index contributed by atoms with van der Waals surface area (Å²) >= 11 is 6.11. The Morgan fingerprint density at radius 2 is 2.05 bits per heavy atom. The molecule has 0 unspecified atom stereocenters. The fourth-order valence-electron chi connectivity index (χ4n) is 1.71. The highest BCUT2D eigenvalue weighted by atomic mass is 35.5. The van der Waals surface area contributed by atoms with Crippen LogP contribution in [0.5, 0.6) is 5.75 Å². The average molecular weight is 280 g/mol. The number of hydrogen-bond acceptors (Lipinski definition) is 3. The van der Waals surface area contributed by atoms with Gasteiger partial charge in [-0.1, -0.05) is 11.6 Å². The van der Waals surface area contributed by atoms with Gasteiger partial charge in [0, 0.05) is 18.2 Å². The maximum absolute atomic E-state index is 10.9. The molecular formula is C13H14ClN3O2. The third-order valence-electron chi connectivity index (χ3n) is 2.79. The van der Waals surface area contributed by atoms with Crippen LogP contribution in [0.1, 0.15) is 21.6 Å². The number of primary amides is 1. The Hall–Kier alpha value is -2.01. The number of aryl methyl sites for hydroxylation is 2. The van der Waals surface area contributed by atoms with Gasteiger partial charge in [0.2, 0.25) is 5.91 Å². The lowest BCUT2D eigenvalue weighted by Gasteiger charge is -2.06. The fourth-order valence-corrected chi connectivity index (χ4v) is 1.94. The molecule has 0 saturated carbocycles. The van der Waals surface area contributed by atoms with Gasteiger partial charge in [-0.2, -0.15) is 5.10 Å². The highest BCUT2D eigenvalue weighted by molar-refractivity contribution is 6.30. The van der Waals surface area contributed by atoms with Gasteiger partial charge in [-0.05, 0) is 31.2 Å². The lowest BCUT2D eigenvalue weighted by molar-refractivity contribution is 0.100. The predicted molar refractivity (Wildman–Crippen MR) is 72.2 cm³/mol. The first-order valence-electron chi connectivity index (χ1n) is 5.69. The summed E-state index contributed by atoms with van der Waals surface area (Å²) in [4.78, 5) is 10.9. The van der Waals surface area contributed by atoms with E-state index >= 15 is 0 Å². The minimum absolute atomic E-state index is 0.328. The highest BCUT2D eigenvalue weighted by Gasteiger charge is 2.11. The number of hydrogen-bond donors (Lipinski definition) is 1. The summed E-state index contributed by atoms with van der Waals surface area (Å²) in [6.07, 6.45) is 0. The maximum atomic E-state index is 10.9. The lowest BCUT2D eigenvalue weighted by atomic mass is 10.2. The molecule has 2 rings (SSSR count). The van der Waals surface area contributed by atoms with E-state index in [1.165, 1.54) is 0 Å². The number of ether oxygens (including phenoxy) is 1. The van der Waals surface area contributed by atoms with Gasteiger partial charge in [-0.15, -0.1) is 0 Å². The van der Waals surface area contributed by atoms with Crippen molar-refractivity contribution in [1.29, 1.82) is 0 Å². The quantitative estimate of drug-likeness (QED) is 0.931. The van der Waals surface area contributed by atoms with Crippen LogP contribution in [0.2, 0.25) is 5.15 Å². The normalized spacial score (nSPS) is 10.5. The van der Waals surface area contributed by atoms with E-state index in [-0.39, 0.29) is 0 Å². The molecule has 1 aromatic carbocycles. The Kier molecular flexibility index (Phi) is 3.76. The van der Waals surface area contributed by atoms with E-state index < -0.39 is 5.91 Å². The molecule has 6 heteroatoms. The molecule has 0 bridgehead atoms. The van der Waals surface area contributed by atoms with E-state index in [1.54, 1.807) is 36.0 Å². The Labute approximate surface area is 115 Å². The van der Waals surface area contributed by atoms with Gasteiger partial charge in [0.25, 0.3) is 0 Å². The van der Waals surface area contributed by atoms with Crippen LogP contribution in [-0.4, -0.2) is 15.7 Å². The van der Waals surface area contributed by atoms with Crippen molar-refractivity contribution in [2.75, 3.05) is 0 Å². The van der Waals surface area contributed by atoms with Crippen LogP contribution in [0.25, 0.3) is 0 Å². The second kappa shape index (κ2) is 5.32. The van der Waals surface area contributed by atoms with Gasteiger partial charge < -0.3 is 10.5 Å². The van der Waals surface area contributed by atoms with Crippen molar-refractivity contribution in [2.45, 2.75) is 13.5 Å². The Morgan fingerprint density at radius 3 is 2.53 bits per heavy atom. The number of amides is 1. The number of nitrogens with two attached hydrogens (primary N) is 1. The van der Waals surface area contributed by atoms with E-state index in [9.17, 15) is 4.79 Å². The smallest absolute Gasteiger partial charge is 0.248 e. The Bertz CT molecular complexity index is 605. The van der Waals surface area contributed by atoms with Crippen molar-refractivity contribution in [2.24, 2.45) is 12.8 Å². The fraction of sp³-hybridized carbons (Fsp3) is 0.231. The molecule has 0 saturated heterocycles. The van der Waals surface area contributed by atoms with Crippen molar-refractivity contribution in [3.05, 3.63) is 46.2 Å². The van der Waals surface area contributed by atoms with Gasteiger partial charge in [0.15, 0.2) is 0 Å². The molecular weight excluding hydrogens is 266 g/mol. The maximum Gasteiger partial charge on any atom is 0.248 e. The summed E-state index contributed by atoms with van der Waals surface area (Å²) in [5, 5.41) is 4.77. The van der Waals surface area contributed by atoms with E-state index in [2.05, 4.69) is 5.10 Å². The number of rotatable bonds is 4. The molecule has 2 N–H and O–H groups in total. The number of aromatic nitrogens is 2. The van der Waals surface area contributed by atoms with E-state index in [1.807, 2.05) is 6.92 Å². The second-order valence-electron chi connectivity index (χ2n) is 4.16. The first-order valence-corrected chi connectivity index (χ1v) is 6.07. The van der Waals surface area contributed by atoms with Crippen molar-refractivity contribution in [3.8, 4) is 5.75 Å². The van der Waals surface area contributed by atoms with Gasteiger partial charge in [-0.25, -0.2) is 0 Å². The zero-order chi connectivity index (χ0) is 14.0. The molecule has 0 spiro atoms. The molecule has 0 fully saturated rings. The van der Waals surface area contributed by atoms with E-state index in [4.69, 9.17) is 22.1 Å². The molecule has 1 aromatic heterocycles. The highest BCUT2D eigenvalue weighted by Crippen LogP contribution is 2.21. The van der Waals surface area contributed by atoms with Crippen molar-refractivity contribution < 1.29 is 9.53 Å². The van der Waals surface area contributed by atoms with Gasteiger partial charge >= 0.3 is 0 Å². The van der Waals surface area contributed by atoms with E-state index in [0.29, 0.717) is 23.1 Å². The topological polar surface area (TPSA) is 70.1 Å². The molecule has 0 radical (unpaired) electrons. The van der Waals surface area contributed by atoms with Crippen LogP contribution in [0, 0.1) is 6.92 Å². The van der Waals surface area contributed by atoms with E-state index in [0.717, 1.165) is 11.3 Å². The van der Waals surface area contributed by atoms with Gasteiger partial charge in [0.1, 0.15) is 17.5 Å². The molecule has 5 nitrogen and oxygen atoms in total. The molecule has 0 aliphatic rings. The monoisotopic (exact) mass is 279 g/mol. The van der Waals surface area contributed by atoms with Gasteiger partial charge in [-0.3, -0.25) is 9.48 Å². The Balaban J connectivity index is 2.08. The summed E-state index contributed by atoms with van der Waals surface area (Å²) < 4.78 is 7.21. The SMILES string of the molecule is Cc1nn(C)c(Cl)c1COc1ccc(C(N)=O)cc1. The number of carbonyl (C=O) groups excluding carboxylic acids is 1. The van der Waals surface area contributed by atoms with Gasteiger partial charge in [0.05, 0.1) is 5.69 Å². The standard InChI is InChI=1S/C13H14ClN3O2/c1-8-11(12(14)17(2)16-8)7-19-10-5-3-9(4-6-10)13(15)18/h3-6H,7H2,1-2H3,(H2,15,18). The molecule has 19 heavy (non-hydrogen) atoms. The zero-order valence-electron chi connectivity index (χ0n) is 10.7. The summed E-state index contributed by atoms with van der Waals surface area (Å²) in [5.41, 5.74) is 7.29. The average Bonchev–Trinajstić information content (AvgIpc) is 2.62. The minimum Gasteiger partial charge on any atom is -0.489 e.